The quantitative estimate of drug-likeness (QED) is 0.705. The predicted octanol–water partition coefficient (Wildman–Crippen LogP) is 2.14. The van der Waals surface area contributed by atoms with Crippen molar-refractivity contribution in [3.05, 3.63) is 45.1 Å². The first-order chi connectivity index (χ1) is 12.6. The molecule has 7 nitrogen and oxygen atoms in total. The van der Waals surface area contributed by atoms with Crippen LogP contribution in [0.3, 0.4) is 0 Å². The average molecular weight is 372 g/mol. The molecule has 3 aromatic rings. The number of rotatable bonds is 3. The molecule has 4 rings (SSSR count). The average Bonchev–Trinajstić information content (AvgIpc) is 3.14. The highest BCUT2D eigenvalue weighted by atomic mass is 32.1. The fraction of sp³-hybridized carbons (Fsp3) is 0.389. The summed E-state index contributed by atoms with van der Waals surface area (Å²) in [4.78, 5) is 32.6. The molecule has 0 atom stereocenters. The largest absolute Gasteiger partial charge is 0.497 e. The molecule has 1 aliphatic heterocycles. The summed E-state index contributed by atoms with van der Waals surface area (Å²) in [5.74, 6) is 0.671. The van der Waals surface area contributed by atoms with Gasteiger partial charge in [-0.15, -0.1) is 0 Å². The zero-order valence-corrected chi connectivity index (χ0v) is 15.6. The number of benzene rings is 1. The Labute approximate surface area is 154 Å². The van der Waals surface area contributed by atoms with Crippen LogP contribution in [-0.4, -0.2) is 34.3 Å². The van der Waals surface area contributed by atoms with Crippen molar-refractivity contribution in [2.75, 3.05) is 25.1 Å². The molecule has 0 amide bonds. The Morgan fingerprint density at radius 1 is 1.08 bits per heavy atom. The van der Waals surface area contributed by atoms with Crippen molar-refractivity contribution in [3.63, 3.8) is 0 Å². The van der Waals surface area contributed by atoms with Gasteiger partial charge in [0, 0.05) is 20.1 Å². The van der Waals surface area contributed by atoms with E-state index in [4.69, 9.17) is 4.74 Å². The molecule has 0 radical (unpaired) electrons. The summed E-state index contributed by atoms with van der Waals surface area (Å²) >= 11 is 1.37. The topological polar surface area (TPSA) is 69.4 Å². The van der Waals surface area contributed by atoms with Crippen LogP contribution in [0.15, 0.2) is 33.9 Å². The number of fused-ring (bicyclic) bond motifs is 1. The zero-order chi connectivity index (χ0) is 18.3. The van der Waals surface area contributed by atoms with Crippen LogP contribution in [0.4, 0.5) is 5.13 Å². The molecule has 1 aliphatic rings. The van der Waals surface area contributed by atoms with Crippen LogP contribution < -0.4 is 20.9 Å². The van der Waals surface area contributed by atoms with Gasteiger partial charge in [-0.1, -0.05) is 11.3 Å². The van der Waals surface area contributed by atoms with Crippen LogP contribution in [0.25, 0.3) is 16.0 Å². The van der Waals surface area contributed by atoms with Crippen molar-refractivity contribution < 1.29 is 4.74 Å². The maximum Gasteiger partial charge on any atom is 0.337 e. The van der Waals surface area contributed by atoms with Gasteiger partial charge in [0.05, 0.1) is 12.8 Å². The number of piperidine rings is 1. The van der Waals surface area contributed by atoms with Crippen molar-refractivity contribution in [3.8, 4) is 11.4 Å². The summed E-state index contributed by atoms with van der Waals surface area (Å²) in [6, 6.07) is 6.88. The molecule has 8 heteroatoms. The van der Waals surface area contributed by atoms with Crippen molar-refractivity contribution in [1.82, 2.24) is 14.1 Å². The number of ether oxygens (including phenoxy) is 1. The maximum absolute atomic E-state index is 13.0. The first kappa shape index (κ1) is 16.8. The molecule has 136 valence electrons. The van der Waals surface area contributed by atoms with E-state index >= 15 is 0 Å². The number of aromatic nitrogens is 3. The fourth-order valence-corrected chi connectivity index (χ4v) is 4.36. The molecule has 0 bridgehead atoms. The molecule has 0 saturated carbocycles. The summed E-state index contributed by atoms with van der Waals surface area (Å²) < 4.78 is 8.29. The second-order valence-electron chi connectivity index (χ2n) is 6.38. The number of anilines is 1. The highest BCUT2D eigenvalue weighted by Gasteiger charge is 2.20. The minimum Gasteiger partial charge on any atom is -0.497 e. The Bertz CT molecular complexity index is 1060. The molecule has 2 aromatic heterocycles. The third-order valence-corrected chi connectivity index (χ3v) is 5.84. The first-order valence-corrected chi connectivity index (χ1v) is 9.44. The molecule has 1 aromatic carbocycles. The van der Waals surface area contributed by atoms with E-state index in [1.807, 2.05) is 0 Å². The maximum atomic E-state index is 13.0. The number of hydrogen-bond donors (Lipinski definition) is 0. The minimum atomic E-state index is -0.400. The number of hydrogen-bond acceptors (Lipinski definition) is 6. The Morgan fingerprint density at radius 2 is 1.77 bits per heavy atom. The molecule has 0 unspecified atom stereocenters. The molecular weight excluding hydrogens is 352 g/mol. The van der Waals surface area contributed by atoms with Gasteiger partial charge in [-0.05, 0) is 43.5 Å². The van der Waals surface area contributed by atoms with Crippen LogP contribution in [0.5, 0.6) is 5.75 Å². The highest BCUT2D eigenvalue weighted by molar-refractivity contribution is 7.22. The van der Waals surface area contributed by atoms with Crippen molar-refractivity contribution in [1.29, 1.82) is 0 Å². The van der Waals surface area contributed by atoms with Crippen molar-refractivity contribution in [2.24, 2.45) is 7.05 Å². The molecule has 1 saturated heterocycles. The van der Waals surface area contributed by atoms with Crippen LogP contribution in [-0.2, 0) is 7.05 Å². The van der Waals surface area contributed by atoms with Crippen LogP contribution in [0.2, 0.25) is 0 Å². The number of thiazole rings is 1. The van der Waals surface area contributed by atoms with E-state index in [0.717, 1.165) is 31.1 Å². The summed E-state index contributed by atoms with van der Waals surface area (Å²) in [5.41, 5.74) is 0.249. The Morgan fingerprint density at radius 3 is 2.42 bits per heavy atom. The van der Waals surface area contributed by atoms with Crippen LogP contribution in [0.1, 0.15) is 19.3 Å². The highest BCUT2D eigenvalue weighted by Crippen LogP contribution is 2.28. The van der Waals surface area contributed by atoms with Gasteiger partial charge in [-0.3, -0.25) is 9.36 Å². The monoisotopic (exact) mass is 372 g/mol. The Kier molecular flexibility index (Phi) is 4.28. The van der Waals surface area contributed by atoms with E-state index in [1.54, 1.807) is 38.4 Å². The van der Waals surface area contributed by atoms with Gasteiger partial charge in [-0.25, -0.2) is 14.3 Å². The van der Waals surface area contributed by atoms with Gasteiger partial charge in [-0.2, -0.15) is 0 Å². The lowest BCUT2D eigenvalue weighted by Crippen LogP contribution is -2.37. The minimum absolute atomic E-state index is 0.325. The smallest absolute Gasteiger partial charge is 0.337 e. The van der Waals surface area contributed by atoms with E-state index in [1.165, 1.54) is 26.9 Å². The molecule has 0 aliphatic carbocycles. The van der Waals surface area contributed by atoms with Crippen molar-refractivity contribution >= 4 is 26.8 Å². The second kappa shape index (κ2) is 6.60. The lowest BCUT2D eigenvalue weighted by atomic mass is 10.1. The van der Waals surface area contributed by atoms with E-state index < -0.39 is 5.69 Å². The van der Waals surface area contributed by atoms with Crippen molar-refractivity contribution in [2.45, 2.75) is 19.3 Å². The normalized spacial score (nSPS) is 14.8. The van der Waals surface area contributed by atoms with Gasteiger partial charge in [0.15, 0.2) is 10.8 Å². The van der Waals surface area contributed by atoms with Gasteiger partial charge in [0.1, 0.15) is 10.4 Å². The summed E-state index contributed by atoms with van der Waals surface area (Å²) in [5, 5.41) is 0.819. The van der Waals surface area contributed by atoms with E-state index in [0.29, 0.717) is 21.8 Å². The van der Waals surface area contributed by atoms with Crippen LogP contribution in [0, 0.1) is 0 Å². The van der Waals surface area contributed by atoms with Gasteiger partial charge >= 0.3 is 5.69 Å². The molecule has 26 heavy (non-hydrogen) atoms. The van der Waals surface area contributed by atoms with Crippen LogP contribution >= 0.6 is 11.3 Å². The third kappa shape index (κ3) is 2.70. The van der Waals surface area contributed by atoms with Gasteiger partial charge < -0.3 is 9.64 Å². The lowest BCUT2D eigenvalue weighted by Gasteiger charge is -2.25. The summed E-state index contributed by atoms with van der Waals surface area (Å²) in [6.45, 7) is 1.89. The molecule has 3 heterocycles. The third-order valence-electron chi connectivity index (χ3n) is 4.75. The van der Waals surface area contributed by atoms with E-state index in [-0.39, 0.29) is 5.56 Å². The van der Waals surface area contributed by atoms with E-state index in [9.17, 15) is 9.59 Å². The molecule has 1 fully saturated rings. The Balaban J connectivity index is 1.89. The standard InChI is InChI=1S/C18H20N4O3S/c1-20-15-14(26-17(19-15)21-10-4-3-5-11-21)16(23)22(18(20)24)12-6-8-13(25-2)9-7-12/h6-9H,3-5,10-11H2,1-2H3. The van der Waals surface area contributed by atoms with Gasteiger partial charge in [0.25, 0.3) is 5.56 Å². The number of methoxy groups -OCH3 is 1. The van der Waals surface area contributed by atoms with E-state index in [2.05, 4.69) is 9.88 Å². The Hall–Kier alpha value is -2.61. The number of aryl methyl sites for hydroxylation is 1. The zero-order valence-electron chi connectivity index (χ0n) is 14.8. The summed E-state index contributed by atoms with van der Waals surface area (Å²) in [6.07, 6.45) is 3.49. The molecule has 0 spiro atoms. The van der Waals surface area contributed by atoms with Gasteiger partial charge in [0.2, 0.25) is 0 Å². The lowest BCUT2D eigenvalue weighted by molar-refractivity contribution is 0.414. The molecule has 0 N–H and O–H groups in total. The summed E-state index contributed by atoms with van der Waals surface area (Å²) in [7, 11) is 3.23. The fourth-order valence-electron chi connectivity index (χ4n) is 3.28. The molecular formula is C18H20N4O3S. The first-order valence-electron chi connectivity index (χ1n) is 8.62. The predicted molar refractivity (Wildman–Crippen MR) is 103 cm³/mol. The number of nitrogens with zero attached hydrogens (tertiary/aromatic N) is 4. The SMILES string of the molecule is COc1ccc(-n2c(=O)c3sc(N4CCCCC4)nc3n(C)c2=O)cc1. The second-order valence-corrected chi connectivity index (χ2v) is 7.35.